The first-order valence-electron chi connectivity index (χ1n) is 12.3. The van der Waals surface area contributed by atoms with E-state index in [1.807, 2.05) is 6.07 Å². The number of likely N-dealkylation sites (tertiary alicyclic amines) is 1. The molecule has 0 atom stereocenters. The molecule has 5 rings (SSSR count). The lowest BCUT2D eigenvalue weighted by atomic mass is 10.0. The molecule has 3 aromatic rings. The first-order chi connectivity index (χ1) is 17.5. The van der Waals surface area contributed by atoms with Crippen molar-refractivity contribution in [3.8, 4) is 0 Å². The number of hydrogen-bond acceptors (Lipinski definition) is 6. The standard InChI is InChI=1S/C26H29F2N5O3/c27-19-15-22(28)21-2-4-25(34)33(23(21)16-19)10-9-31-7-5-20(6-8-31)30-26(35)18-1-3-24(29-17-18)32-11-13-36-14-12-32/h1-4,15-17,20H,5-14H2,(H,30,35). The summed E-state index contributed by atoms with van der Waals surface area (Å²) in [5, 5.41) is 3.32. The highest BCUT2D eigenvalue weighted by Gasteiger charge is 2.22. The third-order valence-corrected chi connectivity index (χ3v) is 6.93. The molecule has 0 unspecified atom stereocenters. The van der Waals surface area contributed by atoms with Gasteiger partial charge in [0.25, 0.3) is 11.5 Å². The normalized spacial score (nSPS) is 17.4. The van der Waals surface area contributed by atoms with Crippen LogP contribution in [0.5, 0.6) is 0 Å². The van der Waals surface area contributed by atoms with Crippen molar-refractivity contribution in [2.24, 2.45) is 0 Å². The summed E-state index contributed by atoms with van der Waals surface area (Å²) in [6.45, 7) is 5.35. The molecule has 190 valence electrons. The smallest absolute Gasteiger partial charge is 0.253 e. The van der Waals surface area contributed by atoms with Crippen molar-refractivity contribution >= 4 is 22.6 Å². The van der Waals surface area contributed by atoms with Crippen LogP contribution >= 0.6 is 0 Å². The molecule has 2 aliphatic heterocycles. The minimum atomic E-state index is -0.707. The van der Waals surface area contributed by atoms with E-state index in [-0.39, 0.29) is 28.4 Å². The molecule has 10 heteroatoms. The van der Waals surface area contributed by atoms with Crippen LogP contribution in [-0.4, -0.2) is 72.3 Å². The second kappa shape index (κ2) is 10.7. The summed E-state index contributed by atoms with van der Waals surface area (Å²) in [5.74, 6) is -0.678. The molecular weight excluding hydrogens is 468 g/mol. The van der Waals surface area contributed by atoms with Crippen LogP contribution in [0.25, 0.3) is 10.9 Å². The maximum Gasteiger partial charge on any atom is 0.253 e. The lowest BCUT2D eigenvalue weighted by molar-refractivity contribution is 0.0909. The molecule has 2 fully saturated rings. The Morgan fingerprint density at radius 3 is 2.53 bits per heavy atom. The van der Waals surface area contributed by atoms with E-state index >= 15 is 0 Å². The molecule has 0 radical (unpaired) electrons. The van der Waals surface area contributed by atoms with Crippen molar-refractivity contribution in [1.82, 2.24) is 19.8 Å². The van der Waals surface area contributed by atoms with Gasteiger partial charge in [0, 0.05) is 69.0 Å². The first kappa shape index (κ1) is 24.3. The number of morpholine rings is 1. The van der Waals surface area contributed by atoms with Gasteiger partial charge in [0.1, 0.15) is 17.5 Å². The Labute approximate surface area is 207 Å². The molecule has 0 bridgehead atoms. The number of piperidine rings is 1. The van der Waals surface area contributed by atoms with Gasteiger partial charge in [-0.25, -0.2) is 13.8 Å². The quantitative estimate of drug-likeness (QED) is 0.564. The Morgan fingerprint density at radius 1 is 1.03 bits per heavy atom. The van der Waals surface area contributed by atoms with E-state index in [0.717, 1.165) is 50.9 Å². The molecule has 2 aromatic heterocycles. The van der Waals surface area contributed by atoms with E-state index in [1.54, 1.807) is 12.3 Å². The average molecular weight is 498 g/mol. The molecule has 8 nitrogen and oxygen atoms in total. The van der Waals surface area contributed by atoms with Crippen LogP contribution in [0.2, 0.25) is 0 Å². The average Bonchev–Trinajstić information content (AvgIpc) is 2.89. The zero-order chi connectivity index (χ0) is 25.1. The predicted molar refractivity (Wildman–Crippen MR) is 132 cm³/mol. The monoisotopic (exact) mass is 497 g/mol. The molecule has 0 aliphatic carbocycles. The van der Waals surface area contributed by atoms with Gasteiger partial charge in [-0.2, -0.15) is 0 Å². The van der Waals surface area contributed by atoms with Gasteiger partial charge >= 0.3 is 0 Å². The maximum atomic E-state index is 14.1. The van der Waals surface area contributed by atoms with E-state index in [4.69, 9.17) is 4.74 Å². The number of nitrogens with one attached hydrogen (secondary N) is 1. The van der Waals surface area contributed by atoms with Gasteiger partial charge in [-0.15, -0.1) is 0 Å². The highest BCUT2D eigenvalue weighted by Crippen LogP contribution is 2.19. The van der Waals surface area contributed by atoms with Crippen molar-refractivity contribution in [1.29, 1.82) is 0 Å². The van der Waals surface area contributed by atoms with Crippen LogP contribution in [-0.2, 0) is 11.3 Å². The molecule has 0 saturated carbocycles. The fourth-order valence-electron chi connectivity index (χ4n) is 4.86. The Kier molecular flexibility index (Phi) is 7.24. The summed E-state index contributed by atoms with van der Waals surface area (Å²) in [4.78, 5) is 33.9. The molecule has 1 N–H and O–H groups in total. The zero-order valence-electron chi connectivity index (χ0n) is 20.0. The number of nitrogens with zero attached hydrogens (tertiary/aromatic N) is 4. The van der Waals surface area contributed by atoms with Gasteiger partial charge in [0.15, 0.2) is 0 Å². The number of rotatable bonds is 6. The minimum Gasteiger partial charge on any atom is -0.378 e. The van der Waals surface area contributed by atoms with Crippen molar-refractivity contribution in [3.05, 3.63) is 70.1 Å². The predicted octanol–water partition coefficient (Wildman–Crippen LogP) is 2.41. The van der Waals surface area contributed by atoms with E-state index in [2.05, 4.69) is 20.1 Å². The van der Waals surface area contributed by atoms with Crippen molar-refractivity contribution < 1.29 is 18.3 Å². The van der Waals surface area contributed by atoms with Crippen LogP contribution in [0, 0.1) is 11.6 Å². The highest BCUT2D eigenvalue weighted by atomic mass is 19.1. The Bertz CT molecular complexity index is 1280. The van der Waals surface area contributed by atoms with Crippen molar-refractivity contribution in [2.75, 3.05) is 50.8 Å². The summed E-state index contributed by atoms with van der Waals surface area (Å²) in [7, 11) is 0. The number of carbonyl (C=O) groups excluding carboxylic acids is 1. The van der Waals surface area contributed by atoms with Crippen LogP contribution in [0.4, 0.5) is 14.6 Å². The minimum absolute atomic E-state index is 0.0520. The second-order valence-electron chi connectivity index (χ2n) is 9.24. The summed E-state index contributed by atoms with van der Waals surface area (Å²) in [6, 6.07) is 8.45. The van der Waals surface area contributed by atoms with Gasteiger partial charge in [0.05, 0.1) is 24.3 Å². The van der Waals surface area contributed by atoms with Gasteiger partial charge in [-0.1, -0.05) is 0 Å². The molecular formula is C26H29F2N5O3. The Balaban J connectivity index is 1.13. The first-order valence-corrected chi connectivity index (χ1v) is 12.3. The molecule has 0 spiro atoms. The van der Waals surface area contributed by atoms with Gasteiger partial charge in [-0.3, -0.25) is 9.59 Å². The fourth-order valence-corrected chi connectivity index (χ4v) is 4.86. The molecule has 4 heterocycles. The maximum absolute atomic E-state index is 14.1. The Hall–Kier alpha value is -3.37. The molecule has 2 saturated heterocycles. The topological polar surface area (TPSA) is 79.7 Å². The van der Waals surface area contributed by atoms with Gasteiger partial charge in [0.2, 0.25) is 0 Å². The Morgan fingerprint density at radius 2 is 1.81 bits per heavy atom. The van der Waals surface area contributed by atoms with Crippen LogP contribution in [0.3, 0.4) is 0 Å². The lowest BCUT2D eigenvalue weighted by Gasteiger charge is -2.32. The third-order valence-electron chi connectivity index (χ3n) is 6.93. The molecule has 36 heavy (non-hydrogen) atoms. The van der Waals surface area contributed by atoms with Gasteiger partial charge < -0.3 is 24.4 Å². The number of pyridine rings is 2. The fraction of sp³-hybridized carbons (Fsp3) is 0.423. The number of carbonyl (C=O) groups is 1. The zero-order valence-corrected chi connectivity index (χ0v) is 20.0. The molecule has 2 aliphatic rings. The second-order valence-corrected chi connectivity index (χ2v) is 9.24. The lowest BCUT2D eigenvalue weighted by Crippen LogP contribution is -2.45. The number of amides is 1. The third kappa shape index (κ3) is 5.39. The van der Waals surface area contributed by atoms with Crippen LogP contribution in [0.1, 0.15) is 23.2 Å². The number of benzene rings is 1. The summed E-state index contributed by atoms with van der Waals surface area (Å²) < 4.78 is 34.7. The SMILES string of the molecule is O=C(NC1CCN(CCn2c(=O)ccc3c(F)cc(F)cc32)CC1)c1ccc(N2CCOCC2)nc1. The van der Waals surface area contributed by atoms with Crippen LogP contribution in [0.15, 0.2) is 47.4 Å². The van der Waals surface area contributed by atoms with E-state index in [0.29, 0.717) is 31.9 Å². The number of ether oxygens (including phenoxy) is 1. The van der Waals surface area contributed by atoms with Gasteiger partial charge in [-0.05, 0) is 37.1 Å². The van der Waals surface area contributed by atoms with Crippen molar-refractivity contribution in [2.45, 2.75) is 25.4 Å². The van der Waals surface area contributed by atoms with E-state index < -0.39 is 11.6 Å². The van der Waals surface area contributed by atoms with Crippen molar-refractivity contribution in [3.63, 3.8) is 0 Å². The number of fused-ring (bicyclic) bond motifs is 1. The highest BCUT2D eigenvalue weighted by molar-refractivity contribution is 5.94. The van der Waals surface area contributed by atoms with E-state index in [1.165, 1.54) is 22.8 Å². The number of aromatic nitrogens is 2. The number of halogens is 2. The molecule has 1 aromatic carbocycles. The molecule has 1 amide bonds. The van der Waals surface area contributed by atoms with Crippen LogP contribution < -0.4 is 15.8 Å². The summed E-state index contributed by atoms with van der Waals surface area (Å²) in [5.41, 5.74) is 0.502. The summed E-state index contributed by atoms with van der Waals surface area (Å²) >= 11 is 0. The van der Waals surface area contributed by atoms with E-state index in [9.17, 15) is 18.4 Å². The number of hydrogen-bond donors (Lipinski definition) is 1. The summed E-state index contributed by atoms with van der Waals surface area (Å²) in [6.07, 6.45) is 3.17. The number of anilines is 1. The largest absolute Gasteiger partial charge is 0.378 e.